The van der Waals surface area contributed by atoms with Crippen molar-refractivity contribution in [3.63, 3.8) is 0 Å². The summed E-state index contributed by atoms with van der Waals surface area (Å²) in [6.45, 7) is 7.32. The highest BCUT2D eigenvalue weighted by atomic mass is 16.3. The van der Waals surface area contributed by atoms with Gasteiger partial charge in [-0.3, -0.25) is 0 Å². The molecule has 1 rings (SSSR count). The van der Waals surface area contributed by atoms with Crippen LogP contribution in [0.4, 0.5) is 5.95 Å². The molecule has 0 bridgehead atoms. The van der Waals surface area contributed by atoms with Crippen molar-refractivity contribution in [2.75, 3.05) is 5.32 Å². The van der Waals surface area contributed by atoms with Crippen LogP contribution in [-0.4, -0.2) is 26.2 Å². The van der Waals surface area contributed by atoms with E-state index in [1.165, 1.54) is 0 Å². The van der Waals surface area contributed by atoms with Crippen LogP contribution in [0.3, 0.4) is 0 Å². The Bertz CT molecular complexity index is 290. The summed E-state index contributed by atoms with van der Waals surface area (Å²) in [5, 5.41) is 13.0. The Labute approximate surface area is 84.4 Å². The molecule has 0 saturated heterocycles. The van der Waals surface area contributed by atoms with E-state index in [1.54, 1.807) is 32.3 Å². The van der Waals surface area contributed by atoms with Crippen molar-refractivity contribution in [1.29, 1.82) is 0 Å². The van der Waals surface area contributed by atoms with Gasteiger partial charge in [0.2, 0.25) is 5.95 Å². The lowest BCUT2D eigenvalue weighted by Crippen LogP contribution is -2.51. The second-order valence-corrected chi connectivity index (χ2v) is 4.38. The molecule has 0 fully saturated rings. The molecule has 2 N–H and O–H groups in total. The number of nitrogens with zero attached hydrogens (tertiary/aromatic N) is 2. The highest BCUT2D eigenvalue weighted by Crippen LogP contribution is 2.23. The van der Waals surface area contributed by atoms with Crippen LogP contribution in [-0.2, 0) is 0 Å². The smallest absolute Gasteiger partial charge is 0.223 e. The van der Waals surface area contributed by atoms with Gasteiger partial charge in [0.25, 0.3) is 0 Å². The fourth-order valence-corrected chi connectivity index (χ4v) is 0.796. The molecule has 14 heavy (non-hydrogen) atoms. The molecule has 0 aliphatic heterocycles. The number of nitrogens with one attached hydrogen (secondary N) is 1. The first kappa shape index (κ1) is 10.9. The molecular weight excluding hydrogens is 178 g/mol. The third kappa shape index (κ3) is 2.42. The van der Waals surface area contributed by atoms with Crippen molar-refractivity contribution in [3.05, 3.63) is 18.5 Å². The molecule has 0 atom stereocenters. The molecule has 1 aromatic heterocycles. The van der Waals surface area contributed by atoms with E-state index in [0.29, 0.717) is 5.95 Å². The summed E-state index contributed by atoms with van der Waals surface area (Å²) in [4.78, 5) is 8.09. The first-order chi connectivity index (χ1) is 6.33. The molecule has 0 radical (unpaired) electrons. The monoisotopic (exact) mass is 195 g/mol. The van der Waals surface area contributed by atoms with Crippen molar-refractivity contribution in [3.8, 4) is 0 Å². The zero-order valence-electron chi connectivity index (χ0n) is 9.07. The highest BCUT2D eigenvalue weighted by Gasteiger charge is 2.35. The predicted octanol–water partition coefficient (Wildman–Crippen LogP) is 1.44. The van der Waals surface area contributed by atoms with E-state index in [2.05, 4.69) is 15.3 Å². The third-order valence-electron chi connectivity index (χ3n) is 2.52. The van der Waals surface area contributed by atoms with Gasteiger partial charge in [-0.25, -0.2) is 9.97 Å². The first-order valence-electron chi connectivity index (χ1n) is 4.60. The quantitative estimate of drug-likeness (QED) is 0.766. The zero-order chi connectivity index (χ0) is 10.8. The maximum Gasteiger partial charge on any atom is 0.223 e. The van der Waals surface area contributed by atoms with Crippen molar-refractivity contribution in [2.24, 2.45) is 0 Å². The molecule has 0 aliphatic rings. The van der Waals surface area contributed by atoms with Crippen molar-refractivity contribution >= 4 is 5.95 Å². The fraction of sp³-hybridized carbons (Fsp3) is 0.600. The number of aliphatic hydroxyl groups is 1. The van der Waals surface area contributed by atoms with Crippen LogP contribution in [0.2, 0.25) is 0 Å². The molecule has 0 amide bonds. The maximum atomic E-state index is 9.89. The van der Waals surface area contributed by atoms with Gasteiger partial charge in [-0.1, -0.05) is 0 Å². The van der Waals surface area contributed by atoms with Gasteiger partial charge in [-0.15, -0.1) is 0 Å². The van der Waals surface area contributed by atoms with Gasteiger partial charge in [-0.2, -0.15) is 0 Å². The summed E-state index contributed by atoms with van der Waals surface area (Å²) < 4.78 is 0. The summed E-state index contributed by atoms with van der Waals surface area (Å²) in [5.74, 6) is 0.527. The Morgan fingerprint density at radius 1 is 1.14 bits per heavy atom. The highest BCUT2D eigenvalue weighted by molar-refractivity contribution is 5.29. The van der Waals surface area contributed by atoms with E-state index in [1.807, 2.05) is 13.8 Å². The Hall–Kier alpha value is -1.16. The molecule has 0 unspecified atom stereocenters. The molecule has 78 valence electrons. The van der Waals surface area contributed by atoms with Crippen LogP contribution < -0.4 is 5.32 Å². The van der Waals surface area contributed by atoms with Crippen molar-refractivity contribution in [2.45, 2.75) is 38.8 Å². The molecule has 0 aliphatic carbocycles. The summed E-state index contributed by atoms with van der Waals surface area (Å²) in [5.41, 5.74) is -1.32. The molecule has 1 heterocycles. The molecule has 0 saturated carbocycles. The topological polar surface area (TPSA) is 58.0 Å². The second-order valence-electron chi connectivity index (χ2n) is 4.38. The number of anilines is 1. The molecule has 0 spiro atoms. The minimum absolute atomic E-state index is 0.478. The van der Waals surface area contributed by atoms with Gasteiger partial charge >= 0.3 is 0 Å². The predicted molar refractivity (Wildman–Crippen MR) is 56.0 cm³/mol. The van der Waals surface area contributed by atoms with Gasteiger partial charge in [0.05, 0.1) is 11.1 Å². The van der Waals surface area contributed by atoms with Crippen LogP contribution in [0.25, 0.3) is 0 Å². The average Bonchev–Trinajstić information content (AvgIpc) is 2.03. The van der Waals surface area contributed by atoms with Crippen molar-refractivity contribution in [1.82, 2.24) is 9.97 Å². The standard InChI is InChI=1S/C10H17N3O/c1-9(2,10(3,4)14)13-8-11-6-5-7-12-8/h5-7,14H,1-4H3,(H,11,12,13). The van der Waals surface area contributed by atoms with Gasteiger partial charge < -0.3 is 10.4 Å². The van der Waals surface area contributed by atoms with Crippen LogP contribution in [0.5, 0.6) is 0 Å². The Morgan fingerprint density at radius 3 is 2.07 bits per heavy atom. The molecule has 4 nitrogen and oxygen atoms in total. The van der Waals surface area contributed by atoms with E-state index < -0.39 is 11.1 Å². The van der Waals surface area contributed by atoms with Crippen LogP contribution in [0.1, 0.15) is 27.7 Å². The molecular formula is C10H17N3O. The van der Waals surface area contributed by atoms with Crippen LogP contribution >= 0.6 is 0 Å². The van der Waals surface area contributed by atoms with Crippen LogP contribution in [0, 0.1) is 0 Å². The SMILES string of the molecule is CC(C)(O)C(C)(C)Nc1ncccn1. The first-order valence-corrected chi connectivity index (χ1v) is 4.60. The normalized spacial score (nSPS) is 12.6. The fourth-order valence-electron chi connectivity index (χ4n) is 0.796. The van der Waals surface area contributed by atoms with E-state index in [4.69, 9.17) is 0 Å². The van der Waals surface area contributed by atoms with Gasteiger partial charge in [0, 0.05) is 12.4 Å². The van der Waals surface area contributed by atoms with E-state index in [9.17, 15) is 5.11 Å². The van der Waals surface area contributed by atoms with Gasteiger partial charge in [0.15, 0.2) is 0 Å². The Morgan fingerprint density at radius 2 is 1.64 bits per heavy atom. The average molecular weight is 195 g/mol. The van der Waals surface area contributed by atoms with Crippen molar-refractivity contribution < 1.29 is 5.11 Å². The van der Waals surface area contributed by atoms with E-state index in [-0.39, 0.29) is 0 Å². The zero-order valence-corrected chi connectivity index (χ0v) is 9.07. The second kappa shape index (κ2) is 3.53. The lowest BCUT2D eigenvalue weighted by atomic mass is 9.86. The summed E-state index contributed by atoms with van der Waals surface area (Å²) in [7, 11) is 0. The summed E-state index contributed by atoms with van der Waals surface area (Å²) in [6.07, 6.45) is 3.32. The lowest BCUT2D eigenvalue weighted by molar-refractivity contribution is 0.0237. The number of rotatable bonds is 3. The summed E-state index contributed by atoms with van der Waals surface area (Å²) in [6, 6.07) is 1.75. The minimum atomic E-state index is -0.841. The lowest BCUT2D eigenvalue weighted by Gasteiger charge is -2.37. The van der Waals surface area contributed by atoms with Gasteiger partial charge in [-0.05, 0) is 33.8 Å². The maximum absolute atomic E-state index is 9.89. The Balaban J connectivity index is 2.79. The summed E-state index contributed by atoms with van der Waals surface area (Å²) >= 11 is 0. The van der Waals surface area contributed by atoms with Gasteiger partial charge in [0.1, 0.15) is 0 Å². The molecule has 1 aromatic rings. The largest absolute Gasteiger partial charge is 0.388 e. The van der Waals surface area contributed by atoms with E-state index in [0.717, 1.165) is 0 Å². The third-order valence-corrected chi connectivity index (χ3v) is 2.52. The number of aromatic nitrogens is 2. The number of hydrogen-bond acceptors (Lipinski definition) is 4. The molecule has 4 heteroatoms. The van der Waals surface area contributed by atoms with Crippen LogP contribution in [0.15, 0.2) is 18.5 Å². The minimum Gasteiger partial charge on any atom is -0.388 e. The van der Waals surface area contributed by atoms with E-state index >= 15 is 0 Å². The number of hydrogen-bond donors (Lipinski definition) is 2. The molecule has 0 aromatic carbocycles. The Kier molecular flexibility index (Phi) is 2.76.